The number of hydrazine groups is 1. The van der Waals surface area contributed by atoms with E-state index in [-0.39, 0.29) is 29.7 Å². The number of amides is 2. The summed E-state index contributed by atoms with van der Waals surface area (Å²) in [6.45, 7) is 4.76. The van der Waals surface area contributed by atoms with E-state index in [1.807, 2.05) is 54.6 Å². The van der Waals surface area contributed by atoms with Gasteiger partial charge >= 0.3 is 0 Å². The first-order valence-electron chi connectivity index (χ1n) is 10.9. The SMILES string of the molecule is CCN1CC(C(=O)NCCc2ccc(OC)cc2)C2NN(c3ccccc3)C(=O)C2C1. The van der Waals surface area contributed by atoms with Gasteiger partial charge in [0, 0.05) is 19.6 Å². The Kier molecular flexibility index (Phi) is 6.53. The van der Waals surface area contributed by atoms with Gasteiger partial charge in [-0.05, 0) is 42.8 Å². The number of para-hydroxylation sites is 1. The van der Waals surface area contributed by atoms with Gasteiger partial charge in [0.05, 0.1) is 30.7 Å². The smallest absolute Gasteiger partial charge is 0.247 e. The largest absolute Gasteiger partial charge is 0.497 e. The van der Waals surface area contributed by atoms with Gasteiger partial charge < -0.3 is 15.0 Å². The average molecular weight is 423 g/mol. The minimum absolute atomic E-state index is 0.00290. The van der Waals surface area contributed by atoms with Gasteiger partial charge in [0.1, 0.15) is 5.75 Å². The summed E-state index contributed by atoms with van der Waals surface area (Å²) in [5, 5.41) is 4.71. The number of hydrogen-bond donors (Lipinski definition) is 2. The van der Waals surface area contributed by atoms with Crippen molar-refractivity contribution in [1.29, 1.82) is 0 Å². The van der Waals surface area contributed by atoms with E-state index >= 15 is 0 Å². The molecule has 0 aliphatic carbocycles. The fourth-order valence-corrected chi connectivity index (χ4v) is 4.46. The van der Waals surface area contributed by atoms with Crippen molar-refractivity contribution in [3.63, 3.8) is 0 Å². The van der Waals surface area contributed by atoms with Gasteiger partial charge in [0.15, 0.2) is 0 Å². The Morgan fingerprint density at radius 1 is 1.13 bits per heavy atom. The van der Waals surface area contributed by atoms with E-state index in [4.69, 9.17) is 4.74 Å². The Morgan fingerprint density at radius 2 is 1.87 bits per heavy atom. The molecule has 2 N–H and O–H groups in total. The Morgan fingerprint density at radius 3 is 2.55 bits per heavy atom. The Labute approximate surface area is 183 Å². The summed E-state index contributed by atoms with van der Waals surface area (Å²) < 4.78 is 5.19. The number of methoxy groups -OCH3 is 1. The minimum atomic E-state index is -0.285. The van der Waals surface area contributed by atoms with E-state index in [1.54, 1.807) is 12.1 Å². The van der Waals surface area contributed by atoms with Crippen LogP contribution in [0.3, 0.4) is 0 Å². The molecular formula is C24H30N4O3. The van der Waals surface area contributed by atoms with Crippen LogP contribution in [0.25, 0.3) is 0 Å². The van der Waals surface area contributed by atoms with E-state index in [9.17, 15) is 9.59 Å². The van der Waals surface area contributed by atoms with Crippen molar-refractivity contribution in [1.82, 2.24) is 15.6 Å². The van der Waals surface area contributed by atoms with Crippen molar-refractivity contribution in [3.05, 3.63) is 60.2 Å². The summed E-state index contributed by atoms with van der Waals surface area (Å²) in [6, 6.07) is 17.2. The average Bonchev–Trinajstić information content (AvgIpc) is 3.15. The number of piperidine rings is 1. The van der Waals surface area contributed by atoms with Gasteiger partial charge in [-0.15, -0.1) is 0 Å². The molecule has 2 saturated heterocycles. The highest BCUT2D eigenvalue weighted by atomic mass is 16.5. The van der Waals surface area contributed by atoms with E-state index in [0.717, 1.165) is 30.0 Å². The molecular weight excluding hydrogens is 392 g/mol. The van der Waals surface area contributed by atoms with Crippen LogP contribution < -0.4 is 20.5 Å². The predicted octanol–water partition coefficient (Wildman–Crippen LogP) is 1.84. The van der Waals surface area contributed by atoms with Gasteiger partial charge in [-0.3, -0.25) is 9.59 Å². The number of carbonyl (C=O) groups excluding carboxylic acids is 2. The van der Waals surface area contributed by atoms with Crippen LogP contribution in [-0.2, 0) is 16.0 Å². The van der Waals surface area contributed by atoms with Crippen molar-refractivity contribution in [2.75, 3.05) is 38.3 Å². The molecule has 0 spiro atoms. The van der Waals surface area contributed by atoms with Crippen LogP contribution in [0.5, 0.6) is 5.75 Å². The zero-order valence-electron chi connectivity index (χ0n) is 18.1. The Hall–Kier alpha value is -2.90. The molecule has 2 heterocycles. The third-order valence-electron chi connectivity index (χ3n) is 6.26. The van der Waals surface area contributed by atoms with Crippen LogP contribution in [0.2, 0.25) is 0 Å². The number of rotatable bonds is 7. The zero-order chi connectivity index (χ0) is 21.8. The first-order chi connectivity index (χ1) is 15.1. The summed E-state index contributed by atoms with van der Waals surface area (Å²) in [5.74, 6) is 0.335. The van der Waals surface area contributed by atoms with E-state index in [2.05, 4.69) is 22.6 Å². The molecule has 0 bridgehead atoms. The number of carbonyl (C=O) groups is 2. The highest BCUT2D eigenvalue weighted by molar-refractivity contribution is 5.98. The van der Waals surface area contributed by atoms with Gasteiger partial charge in [-0.2, -0.15) is 0 Å². The second kappa shape index (κ2) is 9.49. The van der Waals surface area contributed by atoms with Gasteiger partial charge in [-0.1, -0.05) is 37.3 Å². The normalized spacial score (nSPS) is 23.5. The van der Waals surface area contributed by atoms with Crippen LogP contribution in [0, 0.1) is 11.8 Å². The van der Waals surface area contributed by atoms with E-state index in [1.165, 1.54) is 0 Å². The molecule has 2 aromatic carbocycles. The van der Waals surface area contributed by atoms with Crippen molar-refractivity contribution in [2.45, 2.75) is 19.4 Å². The van der Waals surface area contributed by atoms with Crippen LogP contribution in [-0.4, -0.2) is 56.0 Å². The maximum Gasteiger partial charge on any atom is 0.247 e. The number of hydrogen-bond acceptors (Lipinski definition) is 5. The number of likely N-dealkylation sites (tertiary alicyclic amines) is 1. The lowest BCUT2D eigenvalue weighted by molar-refractivity contribution is -0.129. The van der Waals surface area contributed by atoms with Gasteiger partial charge in [-0.25, -0.2) is 10.4 Å². The number of ether oxygens (including phenoxy) is 1. The molecule has 4 rings (SSSR count). The maximum atomic E-state index is 13.1. The van der Waals surface area contributed by atoms with E-state index < -0.39 is 0 Å². The van der Waals surface area contributed by atoms with Crippen molar-refractivity contribution in [2.24, 2.45) is 11.8 Å². The molecule has 2 amide bonds. The third kappa shape index (κ3) is 4.57. The molecule has 0 aromatic heterocycles. The highest BCUT2D eigenvalue weighted by Crippen LogP contribution is 2.31. The monoisotopic (exact) mass is 422 g/mol. The first kappa shape index (κ1) is 21.3. The molecule has 31 heavy (non-hydrogen) atoms. The van der Waals surface area contributed by atoms with Crippen LogP contribution in [0.15, 0.2) is 54.6 Å². The summed E-state index contributed by atoms with van der Waals surface area (Å²) in [4.78, 5) is 28.4. The van der Waals surface area contributed by atoms with Crippen LogP contribution in [0.4, 0.5) is 5.69 Å². The molecule has 2 fully saturated rings. The van der Waals surface area contributed by atoms with Crippen molar-refractivity contribution >= 4 is 17.5 Å². The number of fused-ring (bicyclic) bond motifs is 1. The third-order valence-corrected chi connectivity index (χ3v) is 6.26. The van der Waals surface area contributed by atoms with Gasteiger partial charge in [0.2, 0.25) is 11.8 Å². The summed E-state index contributed by atoms with van der Waals surface area (Å²) >= 11 is 0. The molecule has 2 aliphatic rings. The highest BCUT2D eigenvalue weighted by Gasteiger charge is 2.50. The van der Waals surface area contributed by atoms with Crippen LogP contribution in [0.1, 0.15) is 12.5 Å². The summed E-state index contributed by atoms with van der Waals surface area (Å²) in [5.41, 5.74) is 5.29. The molecule has 0 radical (unpaired) electrons. The standard InChI is InChI=1S/C24H30N4O3/c1-3-27-15-20(23(29)25-14-13-17-9-11-19(31-2)12-10-17)22-21(16-27)24(30)28(26-22)18-7-5-4-6-8-18/h4-12,20-22,26H,3,13-16H2,1-2H3,(H,25,29). The van der Waals surface area contributed by atoms with Crippen molar-refractivity contribution < 1.29 is 14.3 Å². The van der Waals surface area contributed by atoms with Gasteiger partial charge in [0.25, 0.3) is 0 Å². The Bertz CT molecular complexity index is 903. The topological polar surface area (TPSA) is 73.9 Å². The molecule has 3 unspecified atom stereocenters. The number of nitrogens with one attached hydrogen (secondary N) is 2. The zero-order valence-corrected chi connectivity index (χ0v) is 18.1. The fourth-order valence-electron chi connectivity index (χ4n) is 4.46. The molecule has 7 heteroatoms. The van der Waals surface area contributed by atoms with E-state index in [0.29, 0.717) is 19.6 Å². The fraction of sp³-hybridized carbons (Fsp3) is 0.417. The molecule has 2 aliphatic heterocycles. The van der Waals surface area contributed by atoms with Crippen molar-refractivity contribution in [3.8, 4) is 5.75 Å². The number of nitrogens with zero attached hydrogens (tertiary/aromatic N) is 2. The lowest BCUT2D eigenvalue weighted by Gasteiger charge is -2.37. The van der Waals surface area contributed by atoms with Crippen LogP contribution >= 0.6 is 0 Å². The lowest BCUT2D eigenvalue weighted by Crippen LogP contribution is -2.57. The number of benzene rings is 2. The molecule has 0 saturated carbocycles. The minimum Gasteiger partial charge on any atom is -0.497 e. The Balaban J connectivity index is 1.42. The molecule has 164 valence electrons. The lowest BCUT2D eigenvalue weighted by atomic mass is 9.84. The second-order valence-corrected chi connectivity index (χ2v) is 8.12. The second-order valence-electron chi connectivity index (χ2n) is 8.12. The quantitative estimate of drug-likeness (QED) is 0.712. The first-order valence-corrected chi connectivity index (χ1v) is 10.9. The number of anilines is 1. The molecule has 3 atom stereocenters. The summed E-state index contributed by atoms with van der Waals surface area (Å²) in [7, 11) is 1.65. The maximum absolute atomic E-state index is 13.1. The molecule has 7 nitrogen and oxygen atoms in total. The predicted molar refractivity (Wildman–Crippen MR) is 120 cm³/mol. The summed E-state index contributed by atoms with van der Waals surface area (Å²) in [6.07, 6.45) is 0.747. The molecule has 2 aromatic rings.